The molecular formula is C18H27N3O. The Morgan fingerprint density at radius 2 is 2.05 bits per heavy atom. The monoisotopic (exact) mass is 301 g/mol. The summed E-state index contributed by atoms with van der Waals surface area (Å²) in [7, 11) is 0. The first-order valence-electron chi connectivity index (χ1n) is 8.60. The van der Waals surface area contributed by atoms with Crippen molar-refractivity contribution in [1.29, 1.82) is 0 Å². The van der Waals surface area contributed by atoms with E-state index in [2.05, 4.69) is 21.7 Å². The summed E-state index contributed by atoms with van der Waals surface area (Å²) < 4.78 is 0. The lowest BCUT2D eigenvalue weighted by Crippen LogP contribution is -2.47. The van der Waals surface area contributed by atoms with E-state index in [-0.39, 0.29) is 5.91 Å². The van der Waals surface area contributed by atoms with Gasteiger partial charge in [0.25, 0.3) is 0 Å². The molecule has 4 heteroatoms. The van der Waals surface area contributed by atoms with E-state index in [9.17, 15) is 4.79 Å². The van der Waals surface area contributed by atoms with Gasteiger partial charge in [-0.15, -0.1) is 0 Å². The topological polar surface area (TPSA) is 35.9 Å². The van der Waals surface area contributed by atoms with Crippen molar-refractivity contribution in [1.82, 2.24) is 9.80 Å². The average Bonchev–Trinajstić information content (AvgIpc) is 2.75. The van der Waals surface area contributed by atoms with E-state index >= 15 is 0 Å². The Morgan fingerprint density at radius 1 is 1.23 bits per heavy atom. The molecule has 0 spiro atoms. The summed E-state index contributed by atoms with van der Waals surface area (Å²) in [5, 5.41) is 0. The summed E-state index contributed by atoms with van der Waals surface area (Å²) >= 11 is 0. The highest BCUT2D eigenvalue weighted by atomic mass is 16.2. The van der Waals surface area contributed by atoms with Crippen molar-refractivity contribution in [3.05, 3.63) is 23.4 Å². The normalized spacial score (nSPS) is 27.5. The van der Waals surface area contributed by atoms with Crippen LogP contribution in [-0.2, 0) is 4.79 Å². The molecule has 22 heavy (non-hydrogen) atoms. The molecule has 0 radical (unpaired) electrons. The average molecular weight is 301 g/mol. The molecule has 4 nitrogen and oxygen atoms in total. The molecule has 3 aliphatic rings. The van der Waals surface area contributed by atoms with Crippen LogP contribution in [0.5, 0.6) is 0 Å². The van der Waals surface area contributed by atoms with Gasteiger partial charge in [-0.3, -0.25) is 14.7 Å². The Morgan fingerprint density at radius 3 is 2.77 bits per heavy atom. The summed E-state index contributed by atoms with van der Waals surface area (Å²) in [5.41, 5.74) is 1.83. The zero-order valence-electron chi connectivity index (χ0n) is 13.8. The van der Waals surface area contributed by atoms with Crippen molar-refractivity contribution in [3.63, 3.8) is 0 Å². The van der Waals surface area contributed by atoms with Crippen LogP contribution in [0.2, 0.25) is 0 Å². The van der Waals surface area contributed by atoms with Gasteiger partial charge >= 0.3 is 0 Å². The minimum atomic E-state index is 0.195. The van der Waals surface area contributed by atoms with E-state index in [0.717, 1.165) is 43.4 Å². The number of hydrogen-bond acceptors (Lipinski definition) is 3. The standard InChI is InChI=1S/C18H27N3O/c1-14-7-8-16(9-10-19-14)18(22)21-12-4-11-20(13-15(21)2)17-5-3-6-17/h7-8,10,15,17H,3-6,9,11-13H2,1-2H3. The van der Waals surface area contributed by atoms with Gasteiger partial charge < -0.3 is 4.90 Å². The number of nitrogens with zero attached hydrogens (tertiary/aromatic N) is 3. The molecule has 0 aromatic heterocycles. The zero-order valence-corrected chi connectivity index (χ0v) is 13.8. The van der Waals surface area contributed by atoms with E-state index in [0.29, 0.717) is 12.5 Å². The fraction of sp³-hybridized carbons (Fsp3) is 0.667. The quantitative estimate of drug-likeness (QED) is 0.786. The van der Waals surface area contributed by atoms with Crippen molar-refractivity contribution in [2.45, 2.75) is 58.0 Å². The van der Waals surface area contributed by atoms with Crippen LogP contribution >= 0.6 is 0 Å². The summed E-state index contributed by atoms with van der Waals surface area (Å²) in [6.45, 7) is 7.19. The van der Waals surface area contributed by atoms with Crippen LogP contribution in [0, 0.1) is 0 Å². The predicted octanol–water partition coefficient (Wildman–Crippen LogP) is 2.77. The summed E-state index contributed by atoms with van der Waals surface area (Å²) in [6, 6.07) is 1.06. The molecule has 2 fully saturated rings. The summed E-state index contributed by atoms with van der Waals surface area (Å²) in [4.78, 5) is 21.9. The molecule has 1 aliphatic carbocycles. The Bertz CT molecular complexity index is 516. The highest BCUT2D eigenvalue weighted by molar-refractivity contribution is 5.97. The van der Waals surface area contributed by atoms with E-state index in [1.807, 2.05) is 25.3 Å². The highest BCUT2D eigenvalue weighted by Crippen LogP contribution is 2.27. The predicted molar refractivity (Wildman–Crippen MR) is 90.0 cm³/mol. The fourth-order valence-corrected chi connectivity index (χ4v) is 3.54. The number of carbonyl (C=O) groups excluding carboxylic acids is 1. The van der Waals surface area contributed by atoms with Gasteiger partial charge in [0, 0.05) is 55.6 Å². The van der Waals surface area contributed by atoms with Crippen molar-refractivity contribution in [2.75, 3.05) is 19.6 Å². The van der Waals surface area contributed by atoms with Crippen molar-refractivity contribution in [3.8, 4) is 0 Å². The molecule has 0 N–H and O–H groups in total. The molecule has 0 aromatic carbocycles. The third-order valence-corrected chi connectivity index (χ3v) is 5.13. The number of aliphatic imine (C=N–C) groups is 1. The van der Waals surface area contributed by atoms with Crippen LogP contribution in [0.3, 0.4) is 0 Å². The third-order valence-electron chi connectivity index (χ3n) is 5.13. The minimum Gasteiger partial charge on any atom is -0.335 e. The molecule has 2 heterocycles. The Balaban J connectivity index is 1.68. The molecule has 0 bridgehead atoms. The number of amides is 1. The van der Waals surface area contributed by atoms with E-state index in [1.54, 1.807) is 0 Å². The summed E-state index contributed by atoms with van der Waals surface area (Å²) in [5.74, 6) is 0.195. The van der Waals surface area contributed by atoms with Gasteiger partial charge in [-0.1, -0.05) is 12.5 Å². The van der Waals surface area contributed by atoms with Crippen molar-refractivity contribution in [2.24, 2.45) is 4.99 Å². The zero-order chi connectivity index (χ0) is 15.5. The second kappa shape index (κ2) is 6.78. The van der Waals surface area contributed by atoms with E-state index in [1.165, 1.54) is 19.3 Å². The second-order valence-corrected chi connectivity index (χ2v) is 6.80. The molecule has 1 saturated heterocycles. The lowest BCUT2D eigenvalue weighted by Gasteiger charge is -2.38. The number of allylic oxidation sites excluding steroid dienone is 3. The maximum absolute atomic E-state index is 12.9. The van der Waals surface area contributed by atoms with Gasteiger partial charge in [0.05, 0.1) is 0 Å². The number of rotatable bonds is 2. The molecule has 1 amide bonds. The molecule has 1 saturated carbocycles. The Kier molecular flexibility index (Phi) is 4.77. The van der Waals surface area contributed by atoms with E-state index < -0.39 is 0 Å². The van der Waals surface area contributed by atoms with Crippen LogP contribution in [0.25, 0.3) is 0 Å². The van der Waals surface area contributed by atoms with Crippen molar-refractivity contribution < 1.29 is 4.79 Å². The second-order valence-electron chi connectivity index (χ2n) is 6.80. The van der Waals surface area contributed by atoms with Crippen LogP contribution < -0.4 is 0 Å². The van der Waals surface area contributed by atoms with Crippen LogP contribution in [0.4, 0.5) is 0 Å². The number of carbonyl (C=O) groups is 1. The molecule has 1 atom stereocenters. The maximum atomic E-state index is 12.9. The largest absolute Gasteiger partial charge is 0.335 e. The van der Waals surface area contributed by atoms with Gasteiger partial charge in [0.1, 0.15) is 0 Å². The smallest absolute Gasteiger partial charge is 0.250 e. The van der Waals surface area contributed by atoms with Gasteiger partial charge in [-0.25, -0.2) is 0 Å². The van der Waals surface area contributed by atoms with Crippen LogP contribution in [-0.4, -0.2) is 53.6 Å². The first-order valence-corrected chi connectivity index (χ1v) is 8.60. The lowest BCUT2D eigenvalue weighted by atomic mass is 9.91. The molecule has 0 aromatic rings. The first-order chi connectivity index (χ1) is 10.6. The SMILES string of the molecule is CC1=CC=C(C(=O)N2CCCN(C3CCC3)CC2C)CC=N1. The fourth-order valence-electron chi connectivity index (χ4n) is 3.54. The van der Waals surface area contributed by atoms with Crippen LogP contribution in [0.15, 0.2) is 28.4 Å². The first kappa shape index (κ1) is 15.5. The van der Waals surface area contributed by atoms with Gasteiger partial charge in [-0.05, 0) is 39.2 Å². The molecule has 3 rings (SSSR count). The molecule has 2 aliphatic heterocycles. The third kappa shape index (κ3) is 3.32. The van der Waals surface area contributed by atoms with Gasteiger partial charge in [0.15, 0.2) is 0 Å². The Hall–Kier alpha value is -1.42. The van der Waals surface area contributed by atoms with E-state index in [4.69, 9.17) is 0 Å². The molecular weight excluding hydrogens is 274 g/mol. The highest BCUT2D eigenvalue weighted by Gasteiger charge is 2.31. The lowest BCUT2D eigenvalue weighted by molar-refractivity contribution is -0.129. The number of hydrogen-bond donors (Lipinski definition) is 0. The van der Waals surface area contributed by atoms with Crippen LogP contribution in [0.1, 0.15) is 46.0 Å². The molecule has 120 valence electrons. The Labute approximate surface area is 133 Å². The van der Waals surface area contributed by atoms with Gasteiger partial charge in [0.2, 0.25) is 5.91 Å². The summed E-state index contributed by atoms with van der Waals surface area (Å²) in [6.07, 6.45) is 11.5. The van der Waals surface area contributed by atoms with Gasteiger partial charge in [-0.2, -0.15) is 0 Å². The minimum absolute atomic E-state index is 0.195. The van der Waals surface area contributed by atoms with Crippen molar-refractivity contribution >= 4 is 12.1 Å². The maximum Gasteiger partial charge on any atom is 0.250 e. The molecule has 1 unspecified atom stereocenters.